The van der Waals surface area contributed by atoms with Gasteiger partial charge in [0.1, 0.15) is 6.04 Å². The van der Waals surface area contributed by atoms with Gasteiger partial charge < -0.3 is 10.4 Å². The molecule has 3 nitrogen and oxygen atoms in total. The molecule has 0 radical (unpaired) electrons. The van der Waals surface area contributed by atoms with Crippen molar-refractivity contribution >= 4 is 5.97 Å². The fraction of sp³-hybridized carbons (Fsp3) is 0.769. The van der Waals surface area contributed by atoms with Crippen molar-refractivity contribution in [1.82, 2.24) is 5.32 Å². The molecule has 0 bridgehead atoms. The van der Waals surface area contributed by atoms with Crippen molar-refractivity contribution in [3.8, 4) is 0 Å². The number of carboxylic acids is 1. The first-order valence-corrected chi connectivity index (χ1v) is 6.35. The van der Waals surface area contributed by atoms with Crippen LogP contribution in [-0.4, -0.2) is 23.7 Å². The molecule has 0 aromatic carbocycles. The predicted octanol–water partition coefficient (Wildman–Crippen LogP) is 2.58. The Morgan fingerprint density at radius 1 is 1.56 bits per heavy atom. The van der Waals surface area contributed by atoms with Gasteiger partial charge in [-0.15, -0.1) is 0 Å². The first-order chi connectivity index (χ1) is 7.74. The fourth-order valence-electron chi connectivity index (χ4n) is 2.07. The SMILES string of the molecule is CCCCC(NCC1CC=CCC1)C(=O)O. The minimum Gasteiger partial charge on any atom is -0.480 e. The smallest absolute Gasteiger partial charge is 0.320 e. The van der Waals surface area contributed by atoms with Crippen LogP contribution in [0.1, 0.15) is 45.4 Å². The molecule has 0 aromatic rings. The molecular formula is C13H23NO2. The molecule has 0 heterocycles. The first-order valence-electron chi connectivity index (χ1n) is 6.35. The minimum atomic E-state index is -0.709. The number of nitrogens with one attached hydrogen (secondary N) is 1. The van der Waals surface area contributed by atoms with Crippen LogP contribution in [0.15, 0.2) is 12.2 Å². The number of rotatable bonds is 7. The number of carbonyl (C=O) groups is 1. The average molecular weight is 225 g/mol. The number of aliphatic carboxylic acids is 1. The fourth-order valence-corrected chi connectivity index (χ4v) is 2.07. The van der Waals surface area contributed by atoms with Crippen LogP contribution in [0.5, 0.6) is 0 Å². The number of allylic oxidation sites excluding steroid dienone is 2. The maximum Gasteiger partial charge on any atom is 0.320 e. The van der Waals surface area contributed by atoms with Crippen LogP contribution in [0.3, 0.4) is 0 Å². The summed E-state index contributed by atoms with van der Waals surface area (Å²) in [6.45, 7) is 2.93. The van der Waals surface area contributed by atoms with Gasteiger partial charge in [-0.05, 0) is 38.1 Å². The molecule has 2 N–H and O–H groups in total. The monoisotopic (exact) mass is 225 g/mol. The third-order valence-electron chi connectivity index (χ3n) is 3.18. The summed E-state index contributed by atoms with van der Waals surface area (Å²) in [5.41, 5.74) is 0. The van der Waals surface area contributed by atoms with Gasteiger partial charge in [-0.25, -0.2) is 0 Å². The third kappa shape index (κ3) is 4.79. The van der Waals surface area contributed by atoms with Crippen molar-refractivity contribution in [3.05, 3.63) is 12.2 Å². The number of hydrogen-bond donors (Lipinski definition) is 2. The summed E-state index contributed by atoms with van der Waals surface area (Å²) in [7, 11) is 0. The van der Waals surface area contributed by atoms with Gasteiger partial charge >= 0.3 is 5.97 Å². The summed E-state index contributed by atoms with van der Waals surface area (Å²) in [6.07, 6.45) is 10.6. The lowest BCUT2D eigenvalue weighted by atomic mass is 9.94. The Labute approximate surface area is 97.9 Å². The standard InChI is InChI=1S/C13H23NO2/c1-2-3-9-12(13(15)16)14-10-11-7-5-4-6-8-11/h4-5,11-12,14H,2-3,6-10H2,1H3,(H,15,16). The van der Waals surface area contributed by atoms with Gasteiger partial charge in [0.15, 0.2) is 0 Å². The average Bonchev–Trinajstić information content (AvgIpc) is 2.30. The van der Waals surface area contributed by atoms with Gasteiger partial charge in [-0.3, -0.25) is 4.79 Å². The Kier molecular flexibility index (Phi) is 6.16. The van der Waals surface area contributed by atoms with E-state index in [1.54, 1.807) is 0 Å². The molecule has 92 valence electrons. The summed E-state index contributed by atoms with van der Waals surface area (Å²) >= 11 is 0. The highest BCUT2D eigenvalue weighted by atomic mass is 16.4. The van der Waals surface area contributed by atoms with Crippen molar-refractivity contribution < 1.29 is 9.90 Å². The summed E-state index contributed by atoms with van der Waals surface area (Å²) < 4.78 is 0. The lowest BCUT2D eigenvalue weighted by Crippen LogP contribution is -2.39. The Hall–Kier alpha value is -0.830. The van der Waals surface area contributed by atoms with Crippen LogP contribution in [0.2, 0.25) is 0 Å². The van der Waals surface area contributed by atoms with E-state index in [0.717, 1.165) is 38.6 Å². The molecular weight excluding hydrogens is 202 g/mol. The maximum atomic E-state index is 11.0. The largest absolute Gasteiger partial charge is 0.480 e. The third-order valence-corrected chi connectivity index (χ3v) is 3.18. The van der Waals surface area contributed by atoms with E-state index in [-0.39, 0.29) is 6.04 Å². The highest BCUT2D eigenvalue weighted by molar-refractivity contribution is 5.73. The van der Waals surface area contributed by atoms with Crippen LogP contribution in [0.4, 0.5) is 0 Å². The molecule has 3 heteroatoms. The molecule has 0 spiro atoms. The van der Waals surface area contributed by atoms with Crippen molar-refractivity contribution in [2.75, 3.05) is 6.54 Å². The minimum absolute atomic E-state index is 0.356. The molecule has 16 heavy (non-hydrogen) atoms. The van der Waals surface area contributed by atoms with E-state index in [2.05, 4.69) is 24.4 Å². The van der Waals surface area contributed by atoms with E-state index in [0.29, 0.717) is 5.92 Å². The van der Waals surface area contributed by atoms with Gasteiger partial charge in [0.2, 0.25) is 0 Å². The highest BCUT2D eigenvalue weighted by Crippen LogP contribution is 2.17. The first kappa shape index (κ1) is 13.2. The molecule has 0 saturated carbocycles. The van der Waals surface area contributed by atoms with E-state index >= 15 is 0 Å². The van der Waals surface area contributed by atoms with Crippen LogP contribution in [0, 0.1) is 5.92 Å². The van der Waals surface area contributed by atoms with E-state index in [4.69, 9.17) is 5.11 Å². The van der Waals surface area contributed by atoms with Crippen LogP contribution >= 0.6 is 0 Å². The highest BCUT2D eigenvalue weighted by Gasteiger charge is 2.18. The van der Waals surface area contributed by atoms with Crippen molar-refractivity contribution in [3.63, 3.8) is 0 Å². The molecule has 1 aliphatic rings. The molecule has 0 saturated heterocycles. The maximum absolute atomic E-state index is 11.0. The Morgan fingerprint density at radius 2 is 2.38 bits per heavy atom. The van der Waals surface area contributed by atoms with Crippen LogP contribution < -0.4 is 5.32 Å². The van der Waals surface area contributed by atoms with E-state index < -0.39 is 5.97 Å². The molecule has 1 rings (SSSR count). The summed E-state index contributed by atoms with van der Waals surface area (Å²) in [6, 6.07) is -0.356. The topological polar surface area (TPSA) is 49.3 Å². The summed E-state index contributed by atoms with van der Waals surface area (Å²) in [5, 5.41) is 12.2. The van der Waals surface area contributed by atoms with Crippen LogP contribution in [-0.2, 0) is 4.79 Å². The summed E-state index contributed by atoms with van der Waals surface area (Å²) in [4.78, 5) is 11.0. The molecule has 2 unspecified atom stereocenters. The van der Waals surface area contributed by atoms with Gasteiger partial charge in [0.25, 0.3) is 0 Å². The summed E-state index contributed by atoms with van der Waals surface area (Å²) in [5.74, 6) is -0.0896. The molecule has 2 atom stereocenters. The number of hydrogen-bond acceptors (Lipinski definition) is 2. The Morgan fingerprint density at radius 3 is 2.94 bits per heavy atom. The number of unbranched alkanes of at least 4 members (excludes halogenated alkanes) is 1. The Bertz CT molecular complexity index is 238. The van der Waals surface area contributed by atoms with Crippen molar-refractivity contribution in [2.24, 2.45) is 5.92 Å². The predicted molar refractivity (Wildman–Crippen MR) is 65.4 cm³/mol. The molecule has 0 aromatic heterocycles. The van der Waals surface area contributed by atoms with Gasteiger partial charge in [0, 0.05) is 0 Å². The Balaban J connectivity index is 2.25. The van der Waals surface area contributed by atoms with E-state index in [1.807, 2.05) is 0 Å². The lowest BCUT2D eigenvalue weighted by Gasteiger charge is -2.21. The van der Waals surface area contributed by atoms with Crippen molar-refractivity contribution in [1.29, 1.82) is 0 Å². The molecule has 0 aliphatic heterocycles. The second-order valence-corrected chi connectivity index (χ2v) is 4.59. The zero-order chi connectivity index (χ0) is 11.8. The van der Waals surface area contributed by atoms with Gasteiger partial charge in [-0.2, -0.15) is 0 Å². The molecule has 1 aliphatic carbocycles. The number of carboxylic acid groups (broad SMARTS) is 1. The normalized spacial score (nSPS) is 21.9. The quantitative estimate of drug-likeness (QED) is 0.655. The van der Waals surface area contributed by atoms with Crippen molar-refractivity contribution in [2.45, 2.75) is 51.5 Å². The zero-order valence-electron chi connectivity index (χ0n) is 10.1. The second-order valence-electron chi connectivity index (χ2n) is 4.59. The van der Waals surface area contributed by atoms with E-state index in [9.17, 15) is 4.79 Å². The van der Waals surface area contributed by atoms with Crippen LogP contribution in [0.25, 0.3) is 0 Å². The van der Waals surface area contributed by atoms with Gasteiger partial charge in [0.05, 0.1) is 0 Å². The molecule has 0 fully saturated rings. The van der Waals surface area contributed by atoms with Gasteiger partial charge in [-0.1, -0.05) is 31.9 Å². The molecule has 0 amide bonds. The zero-order valence-corrected chi connectivity index (χ0v) is 10.1. The second kappa shape index (κ2) is 7.44. The van der Waals surface area contributed by atoms with E-state index in [1.165, 1.54) is 6.42 Å². The lowest BCUT2D eigenvalue weighted by molar-refractivity contribution is -0.139.